The minimum atomic E-state index is -0.371. The number of phenols is 1. The highest BCUT2D eigenvalue weighted by molar-refractivity contribution is 8.18. The highest BCUT2D eigenvalue weighted by Gasteiger charge is 2.35. The van der Waals surface area contributed by atoms with Gasteiger partial charge in [0.25, 0.3) is 11.1 Å². The van der Waals surface area contributed by atoms with Gasteiger partial charge in [0, 0.05) is 30.4 Å². The first-order valence-corrected chi connectivity index (χ1v) is 10.4. The van der Waals surface area contributed by atoms with Gasteiger partial charge in [-0.3, -0.25) is 14.5 Å². The quantitative estimate of drug-likeness (QED) is 0.650. The van der Waals surface area contributed by atoms with Crippen LogP contribution >= 0.6 is 11.8 Å². The molecule has 0 bridgehead atoms. The van der Waals surface area contributed by atoms with Gasteiger partial charge in [0.2, 0.25) is 0 Å². The maximum absolute atomic E-state index is 12.6. The first-order chi connectivity index (χ1) is 14.0. The van der Waals surface area contributed by atoms with Gasteiger partial charge in [-0.25, -0.2) is 0 Å². The van der Waals surface area contributed by atoms with Crippen molar-refractivity contribution in [1.82, 2.24) is 4.90 Å². The summed E-state index contributed by atoms with van der Waals surface area (Å²) in [6.45, 7) is 6.15. The molecule has 6 nitrogen and oxygen atoms in total. The summed E-state index contributed by atoms with van der Waals surface area (Å²) in [5.74, 6) is 0.394. The zero-order chi connectivity index (χ0) is 20.8. The maximum atomic E-state index is 12.6. The number of hydrogen-bond donors (Lipinski definition) is 1. The number of imide groups is 1. The Labute approximate surface area is 174 Å². The lowest BCUT2D eigenvalue weighted by atomic mass is 10.1. The Morgan fingerprint density at radius 1 is 1.10 bits per heavy atom. The summed E-state index contributed by atoms with van der Waals surface area (Å²) in [6.07, 6.45) is 1.56. The van der Waals surface area contributed by atoms with E-state index in [1.807, 2.05) is 50.2 Å². The molecule has 2 amide bonds. The standard InChI is InChI=1S/C22H24N2O4S/c1-3-23(4-2)17-11-10-16(19(25)15-17)14-20-21(26)24(22(27)29-20)12-13-28-18-8-6-5-7-9-18/h5-11,14-15,25H,3-4,12-13H2,1-2H3/b20-14-. The van der Waals surface area contributed by atoms with E-state index in [1.54, 1.807) is 18.2 Å². The molecule has 1 N–H and O–H groups in total. The van der Waals surface area contributed by atoms with Gasteiger partial charge >= 0.3 is 0 Å². The van der Waals surface area contributed by atoms with Crippen molar-refractivity contribution in [2.75, 3.05) is 31.1 Å². The highest BCUT2D eigenvalue weighted by Crippen LogP contribution is 2.34. The predicted molar refractivity (Wildman–Crippen MR) is 116 cm³/mol. The predicted octanol–water partition coefficient (Wildman–Crippen LogP) is 4.35. The number of nitrogens with zero attached hydrogens (tertiary/aromatic N) is 2. The van der Waals surface area contributed by atoms with Crippen LogP contribution in [0.15, 0.2) is 53.4 Å². The van der Waals surface area contributed by atoms with Gasteiger partial charge in [-0.2, -0.15) is 0 Å². The van der Waals surface area contributed by atoms with Crippen LogP contribution in [0.5, 0.6) is 11.5 Å². The van der Waals surface area contributed by atoms with Crippen molar-refractivity contribution in [1.29, 1.82) is 0 Å². The number of carbonyl (C=O) groups excluding carboxylic acids is 2. The van der Waals surface area contributed by atoms with Crippen LogP contribution in [0.1, 0.15) is 19.4 Å². The van der Waals surface area contributed by atoms with Gasteiger partial charge in [0.05, 0.1) is 11.4 Å². The number of thioether (sulfide) groups is 1. The zero-order valence-electron chi connectivity index (χ0n) is 16.5. The van der Waals surface area contributed by atoms with Crippen molar-refractivity contribution < 1.29 is 19.4 Å². The summed E-state index contributed by atoms with van der Waals surface area (Å²) in [4.78, 5) is 28.4. The highest BCUT2D eigenvalue weighted by atomic mass is 32.2. The zero-order valence-corrected chi connectivity index (χ0v) is 17.3. The molecule has 1 aliphatic heterocycles. The smallest absolute Gasteiger partial charge is 0.293 e. The second kappa shape index (κ2) is 9.52. The molecule has 0 aliphatic carbocycles. The minimum Gasteiger partial charge on any atom is -0.507 e. The molecule has 29 heavy (non-hydrogen) atoms. The van der Waals surface area contributed by atoms with Crippen LogP contribution in [-0.4, -0.2) is 47.4 Å². The van der Waals surface area contributed by atoms with E-state index in [2.05, 4.69) is 4.90 Å². The topological polar surface area (TPSA) is 70.1 Å². The number of rotatable bonds is 8. The monoisotopic (exact) mass is 412 g/mol. The average molecular weight is 413 g/mol. The van der Waals surface area contributed by atoms with Gasteiger partial charge < -0.3 is 14.7 Å². The molecule has 1 saturated heterocycles. The van der Waals surface area contributed by atoms with E-state index in [1.165, 1.54) is 4.90 Å². The van der Waals surface area contributed by atoms with Crippen LogP contribution in [-0.2, 0) is 4.79 Å². The van der Waals surface area contributed by atoms with E-state index in [4.69, 9.17) is 4.74 Å². The Kier molecular flexibility index (Phi) is 6.82. The Hall–Kier alpha value is -2.93. The van der Waals surface area contributed by atoms with E-state index in [9.17, 15) is 14.7 Å². The van der Waals surface area contributed by atoms with Gasteiger partial charge in [0.1, 0.15) is 18.1 Å². The molecule has 0 unspecified atom stereocenters. The Morgan fingerprint density at radius 3 is 2.48 bits per heavy atom. The molecule has 3 rings (SSSR count). The summed E-state index contributed by atoms with van der Waals surface area (Å²) >= 11 is 0.873. The number of hydrogen-bond acceptors (Lipinski definition) is 6. The fourth-order valence-electron chi connectivity index (χ4n) is 3.05. The number of carbonyl (C=O) groups is 2. The van der Waals surface area contributed by atoms with E-state index in [-0.39, 0.29) is 30.0 Å². The molecule has 1 aliphatic rings. The van der Waals surface area contributed by atoms with Gasteiger partial charge in [-0.1, -0.05) is 18.2 Å². The molecule has 0 aromatic heterocycles. The van der Waals surface area contributed by atoms with Crippen LogP contribution in [0.2, 0.25) is 0 Å². The van der Waals surface area contributed by atoms with Crippen molar-refractivity contribution in [3.63, 3.8) is 0 Å². The number of benzene rings is 2. The van der Waals surface area contributed by atoms with E-state index < -0.39 is 0 Å². The Morgan fingerprint density at radius 2 is 1.83 bits per heavy atom. The molecule has 0 atom stereocenters. The van der Waals surface area contributed by atoms with Crippen LogP contribution in [0.4, 0.5) is 10.5 Å². The molecule has 1 heterocycles. The van der Waals surface area contributed by atoms with Gasteiger partial charge in [0.15, 0.2) is 0 Å². The molecule has 7 heteroatoms. The van der Waals surface area contributed by atoms with Crippen LogP contribution in [0.3, 0.4) is 0 Å². The van der Waals surface area contributed by atoms with Crippen molar-refractivity contribution in [3.05, 3.63) is 59.0 Å². The second-order valence-corrected chi connectivity index (χ2v) is 7.40. The summed E-state index contributed by atoms with van der Waals surface area (Å²) in [5, 5.41) is 10.0. The summed E-state index contributed by atoms with van der Waals surface area (Å²) in [6, 6.07) is 14.6. The third kappa shape index (κ3) is 4.92. The molecule has 0 radical (unpaired) electrons. The molecule has 1 fully saturated rings. The van der Waals surface area contributed by atoms with Gasteiger partial charge in [-0.05, 0) is 56.0 Å². The minimum absolute atomic E-state index is 0.0774. The lowest BCUT2D eigenvalue weighted by molar-refractivity contribution is -0.123. The van der Waals surface area contributed by atoms with Crippen LogP contribution in [0, 0.1) is 0 Å². The fourth-order valence-corrected chi connectivity index (χ4v) is 3.90. The van der Waals surface area contributed by atoms with Crippen molar-refractivity contribution in [2.24, 2.45) is 0 Å². The summed E-state index contributed by atoms with van der Waals surface area (Å²) in [5.41, 5.74) is 1.42. The molecule has 2 aromatic carbocycles. The first-order valence-electron chi connectivity index (χ1n) is 9.54. The van der Waals surface area contributed by atoms with Crippen molar-refractivity contribution >= 4 is 34.7 Å². The molecule has 2 aromatic rings. The summed E-state index contributed by atoms with van der Waals surface area (Å²) in [7, 11) is 0. The molecular formula is C22H24N2O4S. The molecule has 152 valence electrons. The molecular weight excluding hydrogens is 388 g/mol. The van der Waals surface area contributed by atoms with Crippen molar-refractivity contribution in [3.8, 4) is 11.5 Å². The number of aromatic hydroxyl groups is 1. The van der Waals surface area contributed by atoms with E-state index in [0.717, 1.165) is 30.5 Å². The first kappa shape index (κ1) is 20.8. The number of amides is 2. The lowest BCUT2D eigenvalue weighted by Gasteiger charge is -2.21. The second-order valence-electron chi connectivity index (χ2n) is 6.41. The molecule has 0 saturated carbocycles. The fraction of sp³-hybridized carbons (Fsp3) is 0.273. The number of phenolic OH excluding ortho intramolecular Hbond substituents is 1. The molecule has 0 spiro atoms. The number of anilines is 1. The van der Waals surface area contributed by atoms with Crippen LogP contribution in [0.25, 0.3) is 6.08 Å². The number of ether oxygens (including phenoxy) is 1. The third-order valence-corrected chi connectivity index (χ3v) is 5.54. The van der Waals surface area contributed by atoms with E-state index in [0.29, 0.717) is 16.2 Å². The Bertz CT molecular complexity index is 910. The largest absolute Gasteiger partial charge is 0.507 e. The average Bonchev–Trinajstić information content (AvgIpc) is 2.99. The van der Waals surface area contributed by atoms with E-state index >= 15 is 0 Å². The Balaban J connectivity index is 1.67. The van der Waals surface area contributed by atoms with Gasteiger partial charge in [-0.15, -0.1) is 0 Å². The van der Waals surface area contributed by atoms with Crippen LogP contribution < -0.4 is 9.64 Å². The van der Waals surface area contributed by atoms with Crippen molar-refractivity contribution in [2.45, 2.75) is 13.8 Å². The maximum Gasteiger partial charge on any atom is 0.293 e. The normalized spacial score (nSPS) is 15.2. The third-order valence-electron chi connectivity index (χ3n) is 4.63. The SMILES string of the molecule is CCN(CC)c1ccc(/C=C2\SC(=O)N(CCOc3ccccc3)C2=O)c(O)c1. The number of para-hydroxylation sites is 1. The lowest BCUT2D eigenvalue weighted by Crippen LogP contribution is -2.32. The summed E-state index contributed by atoms with van der Waals surface area (Å²) < 4.78 is 5.57.